The van der Waals surface area contributed by atoms with Gasteiger partial charge in [0.2, 0.25) is 11.8 Å². The highest BCUT2D eigenvalue weighted by molar-refractivity contribution is 6.07. The second kappa shape index (κ2) is 10.5. The summed E-state index contributed by atoms with van der Waals surface area (Å²) in [7, 11) is 3.24. The first-order chi connectivity index (χ1) is 17.6. The Morgan fingerprint density at radius 3 is 2.31 bits per heavy atom. The highest BCUT2D eigenvalue weighted by atomic mass is 16.5. The molecule has 2 amide bonds. The molecule has 2 aliphatic heterocycles. The molecule has 5 rings (SSSR count). The number of piperazine rings is 1. The van der Waals surface area contributed by atoms with Crippen LogP contribution in [0.25, 0.3) is 0 Å². The number of hydrazone groups is 1. The molecule has 1 aliphatic carbocycles. The van der Waals surface area contributed by atoms with E-state index in [0.717, 1.165) is 41.9 Å². The lowest BCUT2D eigenvalue weighted by atomic mass is 9.76. The minimum Gasteiger partial charge on any atom is -0.493 e. The zero-order chi connectivity index (χ0) is 25.1. The van der Waals surface area contributed by atoms with Gasteiger partial charge in [-0.15, -0.1) is 0 Å². The Kier molecular flexibility index (Phi) is 7.04. The van der Waals surface area contributed by atoms with Crippen LogP contribution in [0.5, 0.6) is 11.5 Å². The number of nitrogens with one attached hydrogen (secondary N) is 1. The molecule has 2 aromatic rings. The van der Waals surface area contributed by atoms with E-state index in [9.17, 15) is 9.59 Å². The molecular weight excluding hydrogens is 456 g/mol. The molecule has 0 aromatic heterocycles. The molecule has 1 N–H and O–H groups in total. The Bertz CT molecular complexity index is 1190. The quantitative estimate of drug-likeness (QED) is 0.606. The van der Waals surface area contributed by atoms with E-state index in [1.165, 1.54) is 0 Å². The van der Waals surface area contributed by atoms with E-state index in [1.807, 2.05) is 30.3 Å². The summed E-state index contributed by atoms with van der Waals surface area (Å²) in [4.78, 5) is 27.2. The molecule has 0 unspecified atom stereocenters. The number of nitrogens with zero attached hydrogens (tertiary/aromatic N) is 3. The molecule has 0 spiro atoms. The van der Waals surface area contributed by atoms with Gasteiger partial charge in [0.1, 0.15) is 0 Å². The summed E-state index contributed by atoms with van der Waals surface area (Å²) in [5, 5.41) is 9.36. The molecule has 36 heavy (non-hydrogen) atoms. The molecule has 0 saturated carbocycles. The zero-order valence-corrected chi connectivity index (χ0v) is 20.8. The smallest absolute Gasteiger partial charge is 0.247 e. The lowest BCUT2D eigenvalue weighted by Crippen LogP contribution is -2.47. The van der Waals surface area contributed by atoms with Crippen LogP contribution in [0.2, 0.25) is 0 Å². The van der Waals surface area contributed by atoms with Gasteiger partial charge in [-0.05, 0) is 42.2 Å². The van der Waals surface area contributed by atoms with Crippen LogP contribution in [0.3, 0.4) is 0 Å². The molecule has 188 valence electrons. The predicted molar refractivity (Wildman–Crippen MR) is 137 cm³/mol. The van der Waals surface area contributed by atoms with Gasteiger partial charge >= 0.3 is 0 Å². The SMILES string of the molecule is COc1ccc(C2=NN(Cc3ccc(CN4CCNC(=O)C4)cc3)C(=O)[C@H]3CC=CC[C@@H]23)cc1OC. The molecule has 2 heterocycles. The summed E-state index contributed by atoms with van der Waals surface area (Å²) >= 11 is 0. The van der Waals surface area contributed by atoms with Gasteiger partial charge in [-0.3, -0.25) is 14.5 Å². The fraction of sp³-hybridized carbons (Fsp3) is 0.393. The molecule has 0 radical (unpaired) electrons. The molecule has 2 aromatic carbocycles. The van der Waals surface area contributed by atoms with Gasteiger partial charge in [-0.25, -0.2) is 5.01 Å². The summed E-state index contributed by atoms with van der Waals surface area (Å²) < 4.78 is 10.9. The van der Waals surface area contributed by atoms with Crippen molar-refractivity contribution in [1.82, 2.24) is 15.2 Å². The average molecular weight is 489 g/mol. The zero-order valence-electron chi connectivity index (χ0n) is 20.8. The van der Waals surface area contributed by atoms with Gasteiger partial charge < -0.3 is 14.8 Å². The van der Waals surface area contributed by atoms with E-state index in [-0.39, 0.29) is 23.7 Å². The molecule has 2 atom stereocenters. The normalized spacial score (nSPS) is 22.1. The molecule has 8 heteroatoms. The van der Waals surface area contributed by atoms with Crippen molar-refractivity contribution in [1.29, 1.82) is 0 Å². The number of methoxy groups -OCH3 is 2. The monoisotopic (exact) mass is 488 g/mol. The molecular formula is C28H32N4O4. The Morgan fingerprint density at radius 1 is 0.917 bits per heavy atom. The molecule has 0 bridgehead atoms. The largest absolute Gasteiger partial charge is 0.493 e. The fourth-order valence-corrected chi connectivity index (χ4v) is 5.22. The first-order valence-electron chi connectivity index (χ1n) is 12.4. The number of allylic oxidation sites excluding steroid dienone is 2. The second-order valence-corrected chi connectivity index (χ2v) is 9.48. The fourth-order valence-electron chi connectivity index (χ4n) is 5.22. The van der Waals surface area contributed by atoms with Crippen LogP contribution in [-0.4, -0.2) is 61.3 Å². The number of hydrogen-bond acceptors (Lipinski definition) is 6. The number of carbonyl (C=O) groups excluding carboxylic acids is 2. The van der Waals surface area contributed by atoms with Gasteiger partial charge in [0.05, 0.1) is 38.9 Å². The predicted octanol–water partition coefficient (Wildman–Crippen LogP) is 2.96. The number of amides is 2. The minimum atomic E-state index is -0.125. The Hall–Kier alpha value is -3.65. The third kappa shape index (κ3) is 4.99. The first kappa shape index (κ1) is 24.1. The van der Waals surface area contributed by atoms with Crippen LogP contribution >= 0.6 is 0 Å². The average Bonchev–Trinajstić information content (AvgIpc) is 2.91. The number of rotatable bonds is 7. The number of hydrogen-bond donors (Lipinski definition) is 1. The number of ether oxygens (including phenoxy) is 2. The van der Waals surface area contributed by atoms with Crippen molar-refractivity contribution >= 4 is 17.5 Å². The highest BCUT2D eigenvalue weighted by Gasteiger charge is 2.40. The lowest BCUT2D eigenvalue weighted by Gasteiger charge is -2.37. The summed E-state index contributed by atoms with van der Waals surface area (Å²) in [6, 6.07) is 14.0. The van der Waals surface area contributed by atoms with Crippen LogP contribution in [0.1, 0.15) is 29.5 Å². The van der Waals surface area contributed by atoms with Crippen molar-refractivity contribution < 1.29 is 19.1 Å². The van der Waals surface area contributed by atoms with Crippen LogP contribution in [0.15, 0.2) is 59.7 Å². The topological polar surface area (TPSA) is 83.5 Å². The molecule has 3 aliphatic rings. The summed E-state index contributed by atoms with van der Waals surface area (Å²) in [5.41, 5.74) is 4.01. The van der Waals surface area contributed by atoms with E-state index >= 15 is 0 Å². The van der Waals surface area contributed by atoms with E-state index in [1.54, 1.807) is 19.2 Å². The standard InChI is InChI=1S/C28H32N4O4/c1-35-24-12-11-21(15-25(24)36-2)27-22-5-3-4-6-23(22)28(34)32(30-27)17-20-9-7-19(8-10-20)16-31-14-13-29-26(33)18-31/h3-4,7-12,15,22-23H,5-6,13-14,16-18H2,1-2H3,(H,29,33)/t22-,23+/m1/s1. The maximum Gasteiger partial charge on any atom is 0.247 e. The number of fused-ring (bicyclic) bond motifs is 1. The van der Waals surface area contributed by atoms with Crippen LogP contribution in [0.4, 0.5) is 0 Å². The summed E-state index contributed by atoms with van der Waals surface area (Å²) in [6.07, 6.45) is 5.75. The van der Waals surface area contributed by atoms with Crippen molar-refractivity contribution in [2.75, 3.05) is 33.9 Å². The molecule has 1 fully saturated rings. The van der Waals surface area contributed by atoms with E-state index < -0.39 is 0 Å². The van der Waals surface area contributed by atoms with Crippen molar-refractivity contribution in [3.63, 3.8) is 0 Å². The lowest BCUT2D eigenvalue weighted by molar-refractivity contribution is -0.138. The number of benzene rings is 2. The van der Waals surface area contributed by atoms with Crippen molar-refractivity contribution in [2.24, 2.45) is 16.9 Å². The molecule has 8 nitrogen and oxygen atoms in total. The summed E-state index contributed by atoms with van der Waals surface area (Å²) in [5.74, 6) is 1.36. The van der Waals surface area contributed by atoms with E-state index in [0.29, 0.717) is 37.6 Å². The van der Waals surface area contributed by atoms with Crippen molar-refractivity contribution in [3.8, 4) is 11.5 Å². The minimum absolute atomic E-state index is 0.0426. The van der Waals surface area contributed by atoms with E-state index in [2.05, 4.69) is 34.5 Å². The Labute approximate surface area is 211 Å². The van der Waals surface area contributed by atoms with Gasteiger partial charge in [0, 0.05) is 31.1 Å². The van der Waals surface area contributed by atoms with Crippen molar-refractivity contribution in [2.45, 2.75) is 25.9 Å². The third-order valence-electron chi connectivity index (χ3n) is 7.14. The highest BCUT2D eigenvalue weighted by Crippen LogP contribution is 2.37. The molecule has 1 saturated heterocycles. The van der Waals surface area contributed by atoms with Gasteiger partial charge in [0.25, 0.3) is 0 Å². The van der Waals surface area contributed by atoms with Gasteiger partial charge in [-0.2, -0.15) is 5.10 Å². The summed E-state index contributed by atoms with van der Waals surface area (Å²) in [6.45, 7) is 3.10. The first-order valence-corrected chi connectivity index (χ1v) is 12.4. The second-order valence-electron chi connectivity index (χ2n) is 9.48. The van der Waals surface area contributed by atoms with Crippen LogP contribution in [-0.2, 0) is 22.7 Å². The Morgan fingerprint density at radius 2 is 1.61 bits per heavy atom. The maximum atomic E-state index is 13.4. The van der Waals surface area contributed by atoms with E-state index in [4.69, 9.17) is 14.6 Å². The Balaban J connectivity index is 1.37. The van der Waals surface area contributed by atoms with Crippen LogP contribution in [0, 0.1) is 11.8 Å². The van der Waals surface area contributed by atoms with Crippen LogP contribution < -0.4 is 14.8 Å². The van der Waals surface area contributed by atoms with Gasteiger partial charge in [-0.1, -0.05) is 36.4 Å². The third-order valence-corrected chi connectivity index (χ3v) is 7.14. The maximum absolute atomic E-state index is 13.4. The number of carbonyl (C=O) groups is 2. The van der Waals surface area contributed by atoms with Crippen molar-refractivity contribution in [3.05, 3.63) is 71.3 Å². The van der Waals surface area contributed by atoms with Gasteiger partial charge in [0.15, 0.2) is 11.5 Å².